The van der Waals surface area contributed by atoms with E-state index in [9.17, 15) is 8.42 Å². The van der Waals surface area contributed by atoms with Gasteiger partial charge in [-0.25, -0.2) is 12.7 Å². The zero-order chi connectivity index (χ0) is 14.2. The normalized spacial score (nSPS) is 26.9. The SMILES string of the molecule is O=S(=O)(Cc1cccc(CO)c1)N1CC2CCCC2C1. The number of hydrogen-bond acceptors (Lipinski definition) is 3. The van der Waals surface area contributed by atoms with Gasteiger partial charge in [0.15, 0.2) is 0 Å². The average Bonchev–Trinajstić information content (AvgIpc) is 2.99. The van der Waals surface area contributed by atoms with E-state index in [-0.39, 0.29) is 12.4 Å². The zero-order valence-electron chi connectivity index (χ0n) is 11.5. The molecule has 2 aliphatic rings. The molecule has 3 rings (SSSR count). The Hall–Kier alpha value is -0.910. The first-order chi connectivity index (χ1) is 9.58. The van der Waals surface area contributed by atoms with E-state index >= 15 is 0 Å². The Labute approximate surface area is 120 Å². The van der Waals surface area contributed by atoms with Gasteiger partial charge in [0.05, 0.1) is 12.4 Å². The van der Waals surface area contributed by atoms with Gasteiger partial charge in [-0.3, -0.25) is 0 Å². The lowest BCUT2D eigenvalue weighted by Gasteiger charge is -2.17. The number of fused-ring (bicyclic) bond motifs is 1. The van der Waals surface area contributed by atoms with E-state index in [0.717, 1.165) is 11.1 Å². The molecule has 2 atom stereocenters. The van der Waals surface area contributed by atoms with Crippen molar-refractivity contribution in [1.82, 2.24) is 4.31 Å². The van der Waals surface area contributed by atoms with Gasteiger partial charge in [-0.15, -0.1) is 0 Å². The van der Waals surface area contributed by atoms with Gasteiger partial charge >= 0.3 is 0 Å². The average molecular weight is 295 g/mol. The Morgan fingerprint density at radius 2 is 1.80 bits per heavy atom. The predicted octanol–water partition coefficient (Wildman–Crippen LogP) is 1.74. The highest BCUT2D eigenvalue weighted by Gasteiger charge is 2.40. The fourth-order valence-electron chi connectivity index (χ4n) is 3.54. The van der Waals surface area contributed by atoms with Crippen LogP contribution in [-0.2, 0) is 22.4 Å². The molecule has 1 aromatic rings. The fourth-order valence-corrected chi connectivity index (χ4v) is 5.16. The maximum Gasteiger partial charge on any atom is 0.218 e. The molecule has 5 heteroatoms. The Morgan fingerprint density at radius 3 is 2.45 bits per heavy atom. The van der Waals surface area contributed by atoms with Gasteiger partial charge in [0.25, 0.3) is 0 Å². The molecule has 0 amide bonds. The minimum absolute atomic E-state index is 0.0419. The summed E-state index contributed by atoms with van der Waals surface area (Å²) in [6, 6.07) is 7.19. The zero-order valence-corrected chi connectivity index (χ0v) is 12.3. The summed E-state index contributed by atoms with van der Waals surface area (Å²) < 4.78 is 26.7. The molecule has 2 unspecified atom stereocenters. The number of sulfonamides is 1. The monoisotopic (exact) mass is 295 g/mol. The van der Waals surface area contributed by atoms with Crippen molar-refractivity contribution in [3.63, 3.8) is 0 Å². The molecule has 1 saturated heterocycles. The molecular formula is C15H21NO3S. The molecule has 1 aliphatic carbocycles. The van der Waals surface area contributed by atoms with E-state index in [1.165, 1.54) is 19.3 Å². The van der Waals surface area contributed by atoms with Crippen molar-refractivity contribution in [1.29, 1.82) is 0 Å². The maximum atomic E-state index is 12.5. The van der Waals surface area contributed by atoms with E-state index in [1.54, 1.807) is 22.5 Å². The lowest BCUT2D eigenvalue weighted by molar-refractivity contribution is 0.281. The van der Waals surface area contributed by atoms with E-state index < -0.39 is 10.0 Å². The van der Waals surface area contributed by atoms with Gasteiger partial charge in [-0.2, -0.15) is 0 Å². The molecule has 4 nitrogen and oxygen atoms in total. The van der Waals surface area contributed by atoms with Gasteiger partial charge in [0.2, 0.25) is 10.0 Å². The fraction of sp³-hybridized carbons (Fsp3) is 0.600. The van der Waals surface area contributed by atoms with Crippen LogP contribution in [0.4, 0.5) is 0 Å². The summed E-state index contributed by atoms with van der Waals surface area (Å²) in [5.74, 6) is 1.20. The third-order valence-corrected chi connectivity index (χ3v) is 6.39. The number of aliphatic hydroxyl groups excluding tert-OH is 1. The molecule has 20 heavy (non-hydrogen) atoms. The Bertz CT molecular complexity index is 573. The van der Waals surface area contributed by atoms with Crippen molar-refractivity contribution < 1.29 is 13.5 Å². The molecule has 1 aliphatic heterocycles. The lowest BCUT2D eigenvalue weighted by atomic mass is 10.0. The van der Waals surface area contributed by atoms with Gasteiger partial charge in [-0.05, 0) is 35.8 Å². The van der Waals surface area contributed by atoms with E-state index in [2.05, 4.69) is 0 Å². The summed E-state index contributed by atoms with van der Waals surface area (Å²) in [4.78, 5) is 0. The van der Waals surface area contributed by atoms with Crippen LogP contribution in [-0.4, -0.2) is 30.9 Å². The second-order valence-electron chi connectivity index (χ2n) is 6.00. The maximum absolute atomic E-state index is 12.5. The van der Waals surface area contributed by atoms with Crippen LogP contribution in [0.15, 0.2) is 24.3 Å². The molecule has 1 saturated carbocycles. The smallest absolute Gasteiger partial charge is 0.218 e. The second kappa shape index (κ2) is 5.47. The molecule has 2 fully saturated rings. The minimum atomic E-state index is -3.23. The summed E-state index contributed by atoms with van der Waals surface area (Å²) in [6.45, 7) is 1.35. The van der Waals surface area contributed by atoms with Crippen LogP contribution < -0.4 is 0 Å². The summed E-state index contributed by atoms with van der Waals surface area (Å²) >= 11 is 0. The Kier molecular flexibility index (Phi) is 3.84. The van der Waals surface area contributed by atoms with Crippen molar-refractivity contribution in [2.75, 3.05) is 13.1 Å². The van der Waals surface area contributed by atoms with E-state index in [0.29, 0.717) is 24.9 Å². The van der Waals surface area contributed by atoms with Crippen molar-refractivity contribution in [3.05, 3.63) is 35.4 Å². The van der Waals surface area contributed by atoms with Crippen molar-refractivity contribution in [2.45, 2.75) is 31.6 Å². The van der Waals surface area contributed by atoms with Crippen LogP contribution in [0.3, 0.4) is 0 Å². The largest absolute Gasteiger partial charge is 0.392 e. The molecule has 1 heterocycles. The number of nitrogens with zero attached hydrogens (tertiary/aromatic N) is 1. The topological polar surface area (TPSA) is 57.6 Å². The highest BCUT2D eigenvalue weighted by Crippen LogP contribution is 2.39. The molecule has 0 spiro atoms. The third kappa shape index (κ3) is 2.75. The predicted molar refractivity (Wildman–Crippen MR) is 77.4 cm³/mol. The number of hydrogen-bond donors (Lipinski definition) is 1. The number of aliphatic hydroxyl groups is 1. The van der Waals surface area contributed by atoms with Crippen molar-refractivity contribution >= 4 is 10.0 Å². The molecular weight excluding hydrogens is 274 g/mol. The summed E-state index contributed by atoms with van der Waals surface area (Å²) in [5, 5.41) is 9.12. The number of rotatable bonds is 4. The third-order valence-electron chi connectivity index (χ3n) is 4.61. The van der Waals surface area contributed by atoms with Crippen LogP contribution >= 0.6 is 0 Å². The van der Waals surface area contributed by atoms with Crippen LogP contribution in [0.25, 0.3) is 0 Å². The molecule has 110 valence electrons. The Balaban J connectivity index is 1.72. The summed E-state index contributed by atoms with van der Waals surface area (Å²) in [7, 11) is -3.23. The van der Waals surface area contributed by atoms with Crippen LogP contribution in [0.2, 0.25) is 0 Å². The second-order valence-corrected chi connectivity index (χ2v) is 7.97. The highest BCUT2D eigenvalue weighted by molar-refractivity contribution is 7.88. The summed E-state index contributed by atoms with van der Waals surface area (Å²) in [5.41, 5.74) is 1.52. The van der Waals surface area contributed by atoms with Gasteiger partial charge in [0.1, 0.15) is 0 Å². The highest BCUT2D eigenvalue weighted by atomic mass is 32.2. The Morgan fingerprint density at radius 1 is 1.15 bits per heavy atom. The standard InChI is InChI=1S/C15H21NO3S/c17-10-12-3-1-4-13(7-12)11-20(18,19)16-8-14-5-2-6-15(14)9-16/h1,3-4,7,14-15,17H,2,5-6,8-11H2. The van der Waals surface area contributed by atoms with Crippen LogP contribution in [0.1, 0.15) is 30.4 Å². The van der Waals surface area contributed by atoms with Crippen molar-refractivity contribution in [3.8, 4) is 0 Å². The van der Waals surface area contributed by atoms with Crippen molar-refractivity contribution in [2.24, 2.45) is 11.8 Å². The van der Waals surface area contributed by atoms with E-state index in [4.69, 9.17) is 5.11 Å². The first-order valence-electron chi connectivity index (χ1n) is 7.25. The molecule has 0 bridgehead atoms. The molecule has 1 N–H and O–H groups in total. The first-order valence-corrected chi connectivity index (χ1v) is 8.86. The quantitative estimate of drug-likeness (QED) is 0.920. The first kappa shape index (κ1) is 14.0. The van der Waals surface area contributed by atoms with Gasteiger partial charge in [0, 0.05) is 13.1 Å². The molecule has 1 aromatic carbocycles. The van der Waals surface area contributed by atoms with E-state index in [1.807, 2.05) is 6.07 Å². The van der Waals surface area contributed by atoms with Crippen LogP contribution in [0.5, 0.6) is 0 Å². The minimum Gasteiger partial charge on any atom is -0.392 e. The number of benzene rings is 1. The van der Waals surface area contributed by atoms with Gasteiger partial charge < -0.3 is 5.11 Å². The molecule has 0 aromatic heterocycles. The van der Waals surface area contributed by atoms with Gasteiger partial charge in [-0.1, -0.05) is 30.7 Å². The van der Waals surface area contributed by atoms with Crippen LogP contribution in [0, 0.1) is 11.8 Å². The summed E-state index contributed by atoms with van der Waals surface area (Å²) in [6.07, 6.45) is 3.61. The molecule has 0 radical (unpaired) electrons. The lowest BCUT2D eigenvalue weighted by Crippen LogP contribution is -2.30.